The first-order chi connectivity index (χ1) is 12.8. The molecule has 0 amide bonds. The van der Waals surface area contributed by atoms with Gasteiger partial charge in [-0.15, -0.1) is 11.3 Å². The molecule has 2 aliphatic rings. The first-order valence-corrected chi connectivity index (χ1v) is 10.7. The van der Waals surface area contributed by atoms with Gasteiger partial charge in [0, 0.05) is 43.4 Å². The Kier molecular flexibility index (Phi) is 6.14. The van der Waals surface area contributed by atoms with Crippen LogP contribution in [-0.4, -0.2) is 52.1 Å². The molecule has 2 aromatic heterocycles. The SMILES string of the molecule is c1cnc(OC2CCN(Cc3cc(CN4CCCCC4)cs3)CC2)nc1. The Hall–Kier alpha value is -1.50. The summed E-state index contributed by atoms with van der Waals surface area (Å²) in [6.07, 6.45) is 9.93. The molecule has 4 heterocycles. The van der Waals surface area contributed by atoms with E-state index >= 15 is 0 Å². The van der Waals surface area contributed by atoms with E-state index in [1.807, 2.05) is 17.4 Å². The summed E-state index contributed by atoms with van der Waals surface area (Å²) in [5.74, 6) is 0. The first-order valence-electron chi connectivity index (χ1n) is 9.80. The molecule has 0 N–H and O–H groups in total. The van der Waals surface area contributed by atoms with Crippen LogP contribution in [-0.2, 0) is 13.1 Å². The van der Waals surface area contributed by atoms with E-state index in [2.05, 4.69) is 31.2 Å². The first kappa shape index (κ1) is 17.9. The van der Waals surface area contributed by atoms with E-state index in [0.717, 1.165) is 39.0 Å². The second-order valence-corrected chi connectivity index (χ2v) is 8.38. The van der Waals surface area contributed by atoms with Crippen molar-refractivity contribution in [3.05, 3.63) is 40.3 Å². The van der Waals surface area contributed by atoms with Crippen LogP contribution >= 0.6 is 11.3 Å². The van der Waals surface area contributed by atoms with Gasteiger partial charge in [-0.3, -0.25) is 9.80 Å². The zero-order valence-electron chi connectivity index (χ0n) is 15.3. The van der Waals surface area contributed by atoms with Gasteiger partial charge in [-0.25, -0.2) is 9.97 Å². The van der Waals surface area contributed by atoms with Gasteiger partial charge in [-0.2, -0.15) is 0 Å². The van der Waals surface area contributed by atoms with Crippen molar-refractivity contribution in [3.63, 3.8) is 0 Å². The molecular formula is C20H28N4OS. The van der Waals surface area contributed by atoms with Gasteiger partial charge < -0.3 is 4.74 Å². The Morgan fingerprint density at radius 1 is 0.962 bits per heavy atom. The molecule has 6 heteroatoms. The van der Waals surface area contributed by atoms with Gasteiger partial charge in [-0.1, -0.05) is 6.42 Å². The largest absolute Gasteiger partial charge is 0.460 e. The molecule has 0 atom stereocenters. The Morgan fingerprint density at radius 3 is 2.46 bits per heavy atom. The van der Waals surface area contributed by atoms with E-state index in [-0.39, 0.29) is 6.10 Å². The Morgan fingerprint density at radius 2 is 1.69 bits per heavy atom. The number of thiophene rings is 1. The maximum absolute atomic E-state index is 5.89. The van der Waals surface area contributed by atoms with Crippen molar-refractivity contribution in [2.75, 3.05) is 26.2 Å². The third-order valence-corrected chi connectivity index (χ3v) is 6.26. The third kappa shape index (κ3) is 5.02. The molecule has 4 rings (SSSR count). The van der Waals surface area contributed by atoms with E-state index < -0.39 is 0 Å². The zero-order valence-corrected chi connectivity index (χ0v) is 16.2. The summed E-state index contributed by atoms with van der Waals surface area (Å²) in [7, 11) is 0. The van der Waals surface area contributed by atoms with Crippen molar-refractivity contribution in [2.24, 2.45) is 0 Å². The molecule has 5 nitrogen and oxygen atoms in total. The Bertz CT molecular complexity index is 663. The second kappa shape index (κ2) is 8.93. The molecular weight excluding hydrogens is 344 g/mol. The predicted molar refractivity (Wildman–Crippen MR) is 104 cm³/mol. The molecule has 0 spiro atoms. The van der Waals surface area contributed by atoms with Crippen molar-refractivity contribution in [1.82, 2.24) is 19.8 Å². The number of aromatic nitrogens is 2. The fourth-order valence-electron chi connectivity index (χ4n) is 3.87. The summed E-state index contributed by atoms with van der Waals surface area (Å²) in [6, 6.07) is 4.74. The van der Waals surface area contributed by atoms with E-state index in [0.29, 0.717) is 6.01 Å². The van der Waals surface area contributed by atoms with Gasteiger partial charge >= 0.3 is 6.01 Å². The lowest BCUT2D eigenvalue weighted by Crippen LogP contribution is -2.37. The van der Waals surface area contributed by atoms with Gasteiger partial charge in [0.25, 0.3) is 0 Å². The van der Waals surface area contributed by atoms with Crippen molar-refractivity contribution in [3.8, 4) is 6.01 Å². The van der Waals surface area contributed by atoms with Gasteiger partial charge in [0.1, 0.15) is 6.10 Å². The van der Waals surface area contributed by atoms with Crippen molar-refractivity contribution >= 4 is 11.3 Å². The number of ether oxygens (including phenoxy) is 1. The summed E-state index contributed by atoms with van der Waals surface area (Å²) in [5, 5.41) is 2.35. The van der Waals surface area contributed by atoms with Gasteiger partial charge in [0.2, 0.25) is 0 Å². The Labute approximate surface area is 160 Å². The number of hydrogen-bond acceptors (Lipinski definition) is 6. The van der Waals surface area contributed by atoms with Gasteiger partial charge in [0.15, 0.2) is 0 Å². The summed E-state index contributed by atoms with van der Waals surface area (Å²) in [6.45, 7) is 6.89. The summed E-state index contributed by atoms with van der Waals surface area (Å²) in [5.41, 5.74) is 1.49. The van der Waals surface area contributed by atoms with Crippen LogP contribution in [0.15, 0.2) is 29.9 Å². The van der Waals surface area contributed by atoms with Crippen LogP contribution in [0.25, 0.3) is 0 Å². The number of likely N-dealkylation sites (tertiary alicyclic amines) is 2. The molecule has 2 fully saturated rings. The maximum Gasteiger partial charge on any atom is 0.316 e. The van der Waals surface area contributed by atoms with Crippen LogP contribution in [0.5, 0.6) is 6.01 Å². The van der Waals surface area contributed by atoms with Crippen molar-refractivity contribution < 1.29 is 4.74 Å². The fourth-order valence-corrected chi connectivity index (χ4v) is 4.79. The van der Waals surface area contributed by atoms with Crippen molar-refractivity contribution in [1.29, 1.82) is 0 Å². The Balaban J connectivity index is 1.22. The summed E-state index contributed by atoms with van der Waals surface area (Å²) >= 11 is 1.92. The number of rotatable bonds is 6. The highest BCUT2D eigenvalue weighted by Crippen LogP contribution is 2.22. The molecule has 0 aromatic carbocycles. The summed E-state index contributed by atoms with van der Waals surface area (Å²) in [4.78, 5) is 15.0. The highest BCUT2D eigenvalue weighted by atomic mass is 32.1. The van der Waals surface area contributed by atoms with Crippen LogP contribution in [0.2, 0.25) is 0 Å². The molecule has 0 saturated carbocycles. The quantitative estimate of drug-likeness (QED) is 0.775. The van der Waals surface area contributed by atoms with E-state index in [4.69, 9.17) is 4.74 Å². The maximum atomic E-state index is 5.89. The second-order valence-electron chi connectivity index (χ2n) is 7.38. The lowest BCUT2D eigenvalue weighted by atomic mass is 10.1. The fraction of sp³-hybridized carbons (Fsp3) is 0.600. The van der Waals surface area contributed by atoms with Crippen LogP contribution in [0.3, 0.4) is 0 Å². The summed E-state index contributed by atoms with van der Waals surface area (Å²) < 4.78 is 5.89. The highest BCUT2D eigenvalue weighted by molar-refractivity contribution is 7.10. The molecule has 140 valence electrons. The molecule has 26 heavy (non-hydrogen) atoms. The lowest BCUT2D eigenvalue weighted by Gasteiger charge is -2.31. The molecule has 2 aromatic rings. The zero-order chi connectivity index (χ0) is 17.6. The molecule has 2 saturated heterocycles. The average molecular weight is 373 g/mol. The number of nitrogens with zero attached hydrogens (tertiary/aromatic N) is 4. The number of piperidine rings is 2. The van der Waals surface area contributed by atoms with Gasteiger partial charge in [0.05, 0.1) is 0 Å². The topological polar surface area (TPSA) is 41.5 Å². The smallest absolute Gasteiger partial charge is 0.316 e. The monoisotopic (exact) mass is 372 g/mol. The minimum absolute atomic E-state index is 0.242. The van der Waals surface area contributed by atoms with Gasteiger partial charge in [-0.05, 0) is 61.8 Å². The van der Waals surface area contributed by atoms with E-state index in [9.17, 15) is 0 Å². The van der Waals surface area contributed by atoms with Crippen LogP contribution in [0.1, 0.15) is 42.5 Å². The minimum atomic E-state index is 0.242. The standard InChI is InChI=1S/C20H28N4OS/c1-2-9-23(10-3-1)14-17-13-19(26-16-17)15-24-11-5-18(6-12-24)25-20-21-7-4-8-22-20/h4,7-8,13,16,18H,1-3,5-6,9-12,14-15H2. The lowest BCUT2D eigenvalue weighted by molar-refractivity contribution is 0.0897. The van der Waals surface area contributed by atoms with Crippen LogP contribution in [0, 0.1) is 0 Å². The molecule has 0 radical (unpaired) electrons. The van der Waals surface area contributed by atoms with E-state index in [1.54, 1.807) is 12.4 Å². The molecule has 0 unspecified atom stereocenters. The van der Waals surface area contributed by atoms with Crippen molar-refractivity contribution in [2.45, 2.75) is 51.3 Å². The average Bonchev–Trinajstić information content (AvgIpc) is 3.12. The molecule has 0 bridgehead atoms. The van der Waals surface area contributed by atoms with Crippen LogP contribution < -0.4 is 4.74 Å². The predicted octanol–water partition coefficient (Wildman–Crippen LogP) is 3.57. The minimum Gasteiger partial charge on any atom is -0.460 e. The molecule has 0 aliphatic carbocycles. The third-order valence-electron chi connectivity index (χ3n) is 5.29. The van der Waals surface area contributed by atoms with E-state index in [1.165, 1.54) is 42.8 Å². The number of hydrogen-bond donors (Lipinski definition) is 0. The molecule has 2 aliphatic heterocycles. The van der Waals surface area contributed by atoms with Crippen LogP contribution in [0.4, 0.5) is 0 Å². The highest BCUT2D eigenvalue weighted by Gasteiger charge is 2.22. The normalized spacial score (nSPS) is 20.3.